The van der Waals surface area contributed by atoms with Crippen LogP contribution in [-0.4, -0.2) is 37.0 Å². The van der Waals surface area contributed by atoms with Crippen LogP contribution >= 0.6 is 11.3 Å². The second-order valence-corrected chi connectivity index (χ2v) is 8.47. The first-order valence-electron chi connectivity index (χ1n) is 9.55. The molecule has 138 valence electrons. The molecule has 1 fully saturated rings. The molecule has 2 heterocycles. The van der Waals surface area contributed by atoms with E-state index < -0.39 is 0 Å². The third kappa shape index (κ3) is 3.50. The summed E-state index contributed by atoms with van der Waals surface area (Å²) in [5.41, 5.74) is 2.43. The lowest BCUT2D eigenvalue weighted by atomic mass is 9.87. The number of hydrogen-bond donors (Lipinski definition) is 0. The van der Waals surface area contributed by atoms with Crippen molar-refractivity contribution in [3.05, 3.63) is 51.5 Å². The van der Waals surface area contributed by atoms with Crippen molar-refractivity contribution in [1.82, 2.24) is 4.90 Å². The van der Waals surface area contributed by atoms with Crippen molar-refractivity contribution in [2.24, 2.45) is 5.92 Å². The minimum atomic E-state index is -0.213. The first kappa shape index (κ1) is 17.5. The fraction of sp³-hybridized carbons (Fsp3) is 0.476. The molecule has 1 saturated heterocycles. The summed E-state index contributed by atoms with van der Waals surface area (Å²) >= 11 is 1.70. The monoisotopic (exact) mass is 372 g/mol. The van der Waals surface area contributed by atoms with E-state index in [2.05, 4.69) is 17.9 Å². The lowest BCUT2D eigenvalue weighted by Crippen LogP contribution is -2.48. The molecule has 1 aromatic carbocycles. The van der Waals surface area contributed by atoms with Crippen LogP contribution in [0.1, 0.15) is 39.9 Å². The third-order valence-electron chi connectivity index (χ3n) is 5.73. The molecular formula is C21H25FN2OS. The molecular weight excluding hydrogens is 347 g/mol. The maximum atomic E-state index is 13.1. The zero-order valence-electron chi connectivity index (χ0n) is 15.2. The fourth-order valence-electron chi connectivity index (χ4n) is 4.03. The summed E-state index contributed by atoms with van der Waals surface area (Å²) in [4.78, 5) is 19.4. The average molecular weight is 373 g/mol. The van der Waals surface area contributed by atoms with Gasteiger partial charge in [-0.25, -0.2) is 4.39 Å². The molecule has 0 spiro atoms. The van der Waals surface area contributed by atoms with Crippen LogP contribution in [0.25, 0.3) is 0 Å². The number of carbonyl (C=O) groups excluding carboxylic acids is 1. The van der Waals surface area contributed by atoms with Crippen molar-refractivity contribution >= 4 is 22.9 Å². The van der Waals surface area contributed by atoms with Gasteiger partial charge in [0.2, 0.25) is 0 Å². The molecule has 2 aromatic rings. The van der Waals surface area contributed by atoms with Crippen molar-refractivity contribution in [2.75, 3.05) is 31.1 Å². The highest BCUT2D eigenvalue weighted by Crippen LogP contribution is 2.34. The van der Waals surface area contributed by atoms with E-state index in [0.29, 0.717) is 0 Å². The Morgan fingerprint density at radius 3 is 2.62 bits per heavy atom. The van der Waals surface area contributed by atoms with Crippen LogP contribution in [0.2, 0.25) is 0 Å². The summed E-state index contributed by atoms with van der Waals surface area (Å²) in [5, 5.41) is 0. The van der Waals surface area contributed by atoms with Gasteiger partial charge in [-0.1, -0.05) is 13.3 Å². The van der Waals surface area contributed by atoms with Crippen molar-refractivity contribution in [1.29, 1.82) is 0 Å². The Bertz CT molecular complexity index is 778. The Hall–Kier alpha value is -1.88. The third-order valence-corrected chi connectivity index (χ3v) is 6.96. The lowest BCUT2D eigenvalue weighted by Gasteiger charge is -2.36. The van der Waals surface area contributed by atoms with Gasteiger partial charge in [0.1, 0.15) is 5.82 Å². The summed E-state index contributed by atoms with van der Waals surface area (Å²) in [6, 6.07) is 8.75. The van der Waals surface area contributed by atoms with Crippen LogP contribution in [0.5, 0.6) is 0 Å². The van der Waals surface area contributed by atoms with Crippen LogP contribution in [0, 0.1) is 11.7 Å². The number of fused-ring (bicyclic) bond motifs is 1. The summed E-state index contributed by atoms with van der Waals surface area (Å²) in [6.07, 6.45) is 4.75. The van der Waals surface area contributed by atoms with Crippen LogP contribution in [-0.2, 0) is 12.8 Å². The Kier molecular flexibility index (Phi) is 4.98. The number of hydrogen-bond acceptors (Lipinski definition) is 3. The highest BCUT2D eigenvalue weighted by Gasteiger charge is 2.26. The number of amides is 1. The second-order valence-electron chi connectivity index (χ2n) is 7.33. The van der Waals surface area contributed by atoms with E-state index in [0.717, 1.165) is 55.5 Å². The summed E-state index contributed by atoms with van der Waals surface area (Å²) in [6.45, 7) is 5.28. The number of halogens is 1. The van der Waals surface area contributed by atoms with Gasteiger partial charge in [-0.3, -0.25) is 4.79 Å². The topological polar surface area (TPSA) is 23.6 Å². The first-order valence-corrected chi connectivity index (χ1v) is 10.4. The van der Waals surface area contributed by atoms with Gasteiger partial charge in [-0.05, 0) is 61.1 Å². The second kappa shape index (κ2) is 7.39. The van der Waals surface area contributed by atoms with Crippen molar-refractivity contribution in [3.63, 3.8) is 0 Å². The van der Waals surface area contributed by atoms with Gasteiger partial charge in [0.25, 0.3) is 5.91 Å². The molecule has 0 saturated carbocycles. The zero-order chi connectivity index (χ0) is 18.1. The number of thiophene rings is 1. The molecule has 4 rings (SSSR count). The minimum Gasteiger partial charge on any atom is -0.368 e. The number of rotatable bonds is 3. The van der Waals surface area contributed by atoms with Crippen LogP contribution < -0.4 is 4.90 Å². The SMILES string of the molecule is CC[C@@H]1CCc2sc(C(=O)N3CCN(c4ccc(F)cc4)CC3)cc2C1. The summed E-state index contributed by atoms with van der Waals surface area (Å²) in [7, 11) is 0. The molecule has 1 amide bonds. The smallest absolute Gasteiger partial charge is 0.264 e. The van der Waals surface area contributed by atoms with E-state index in [-0.39, 0.29) is 11.7 Å². The number of carbonyl (C=O) groups is 1. The minimum absolute atomic E-state index is 0.177. The van der Waals surface area contributed by atoms with E-state index in [9.17, 15) is 9.18 Å². The largest absolute Gasteiger partial charge is 0.368 e. The number of benzene rings is 1. The Labute approximate surface area is 158 Å². The van der Waals surface area contributed by atoms with Gasteiger partial charge in [0.15, 0.2) is 0 Å². The molecule has 1 atom stereocenters. The summed E-state index contributed by atoms with van der Waals surface area (Å²) in [5.74, 6) is 0.741. The van der Waals surface area contributed by atoms with Crippen molar-refractivity contribution < 1.29 is 9.18 Å². The molecule has 1 aliphatic heterocycles. The standard InChI is InChI=1S/C21H25FN2OS/c1-2-15-3-8-19-16(13-15)14-20(26-19)21(25)24-11-9-23(10-12-24)18-6-4-17(22)5-7-18/h4-7,14-15H,2-3,8-13H2,1H3/t15-/m1/s1. The van der Waals surface area contributed by atoms with Gasteiger partial charge >= 0.3 is 0 Å². The van der Waals surface area contributed by atoms with Crippen LogP contribution in [0.3, 0.4) is 0 Å². The highest BCUT2D eigenvalue weighted by atomic mass is 32.1. The van der Waals surface area contributed by atoms with Gasteiger partial charge in [0, 0.05) is 36.7 Å². The quantitative estimate of drug-likeness (QED) is 0.799. The molecule has 5 heteroatoms. The maximum Gasteiger partial charge on any atom is 0.264 e. The predicted octanol–water partition coefficient (Wildman–Crippen LogP) is 4.36. The fourth-order valence-corrected chi connectivity index (χ4v) is 5.20. The molecule has 0 unspecified atom stereocenters. The molecule has 0 bridgehead atoms. The predicted molar refractivity (Wildman–Crippen MR) is 105 cm³/mol. The Balaban J connectivity index is 1.39. The number of anilines is 1. The van der Waals surface area contributed by atoms with E-state index in [1.807, 2.05) is 17.0 Å². The molecule has 26 heavy (non-hydrogen) atoms. The normalized spacial score (nSPS) is 20.2. The van der Waals surface area contributed by atoms with Crippen LogP contribution in [0.15, 0.2) is 30.3 Å². The van der Waals surface area contributed by atoms with E-state index in [4.69, 9.17) is 0 Å². The van der Waals surface area contributed by atoms with Gasteiger partial charge in [-0.15, -0.1) is 11.3 Å². The van der Waals surface area contributed by atoms with E-state index in [1.54, 1.807) is 11.3 Å². The molecule has 3 nitrogen and oxygen atoms in total. The molecule has 0 N–H and O–H groups in total. The molecule has 1 aromatic heterocycles. The molecule has 2 aliphatic rings. The number of nitrogens with zero attached hydrogens (tertiary/aromatic N) is 2. The maximum absolute atomic E-state index is 13.1. The molecule has 0 radical (unpaired) electrons. The Morgan fingerprint density at radius 2 is 1.92 bits per heavy atom. The van der Waals surface area contributed by atoms with Crippen molar-refractivity contribution in [3.8, 4) is 0 Å². The van der Waals surface area contributed by atoms with Gasteiger partial charge in [0.05, 0.1) is 4.88 Å². The van der Waals surface area contributed by atoms with Gasteiger partial charge in [-0.2, -0.15) is 0 Å². The van der Waals surface area contributed by atoms with Gasteiger partial charge < -0.3 is 9.80 Å². The van der Waals surface area contributed by atoms with E-state index >= 15 is 0 Å². The first-order chi connectivity index (χ1) is 12.6. The number of piperazine rings is 1. The van der Waals surface area contributed by atoms with E-state index in [1.165, 1.54) is 35.4 Å². The highest BCUT2D eigenvalue weighted by molar-refractivity contribution is 7.14. The van der Waals surface area contributed by atoms with Crippen LogP contribution in [0.4, 0.5) is 10.1 Å². The zero-order valence-corrected chi connectivity index (χ0v) is 16.0. The molecule has 1 aliphatic carbocycles. The Morgan fingerprint density at radius 1 is 1.19 bits per heavy atom. The van der Waals surface area contributed by atoms with Crippen molar-refractivity contribution in [2.45, 2.75) is 32.6 Å². The average Bonchev–Trinajstić information content (AvgIpc) is 3.11. The lowest BCUT2D eigenvalue weighted by molar-refractivity contribution is 0.0751. The number of aryl methyl sites for hydroxylation is 1. The summed E-state index contributed by atoms with van der Waals surface area (Å²) < 4.78 is 13.1.